The van der Waals surface area contributed by atoms with Crippen LogP contribution in [0, 0.1) is 5.82 Å². The highest BCUT2D eigenvalue weighted by atomic mass is 32.2. The van der Waals surface area contributed by atoms with E-state index in [4.69, 9.17) is 0 Å². The minimum Gasteiger partial charge on any atom is -0.369 e. The fourth-order valence-corrected chi connectivity index (χ4v) is 5.12. The van der Waals surface area contributed by atoms with Gasteiger partial charge in [-0.2, -0.15) is 0 Å². The van der Waals surface area contributed by atoms with Gasteiger partial charge >= 0.3 is 0 Å². The molecule has 0 bridgehead atoms. The molecule has 2 aliphatic rings. The van der Waals surface area contributed by atoms with Gasteiger partial charge in [-0.25, -0.2) is 17.8 Å². The van der Waals surface area contributed by atoms with Crippen LogP contribution >= 0.6 is 0 Å². The maximum absolute atomic E-state index is 13.5. The fraction of sp³-hybridized carbons (Fsp3) is 0.429. The summed E-state index contributed by atoms with van der Waals surface area (Å²) in [5, 5.41) is 3.40. The zero-order valence-electron chi connectivity index (χ0n) is 16.6. The van der Waals surface area contributed by atoms with E-state index < -0.39 is 9.84 Å². The lowest BCUT2D eigenvalue weighted by molar-refractivity contribution is 0.0770. The van der Waals surface area contributed by atoms with Gasteiger partial charge in [0.15, 0.2) is 9.84 Å². The van der Waals surface area contributed by atoms with Crippen LogP contribution in [0.25, 0.3) is 0 Å². The molecule has 1 aromatic carbocycles. The van der Waals surface area contributed by atoms with Gasteiger partial charge in [-0.15, -0.1) is 0 Å². The smallest absolute Gasteiger partial charge is 0.255 e. The molecule has 1 unspecified atom stereocenters. The van der Waals surface area contributed by atoms with Crippen LogP contribution in [0.3, 0.4) is 0 Å². The van der Waals surface area contributed by atoms with Crippen LogP contribution in [-0.2, 0) is 9.84 Å². The molecule has 160 valence electrons. The Morgan fingerprint density at radius 1 is 1.13 bits per heavy atom. The third kappa shape index (κ3) is 4.89. The van der Waals surface area contributed by atoms with Crippen molar-refractivity contribution < 1.29 is 17.6 Å². The first kappa shape index (κ1) is 20.6. The summed E-state index contributed by atoms with van der Waals surface area (Å²) in [5.41, 5.74) is 1.32. The number of amides is 1. The van der Waals surface area contributed by atoms with Crippen LogP contribution in [0.2, 0.25) is 0 Å². The summed E-state index contributed by atoms with van der Waals surface area (Å²) in [5.74, 6) is 0.263. The number of rotatable bonds is 4. The SMILES string of the molecule is O=C(c1ccc(NC2CCCN(c3cccc(F)c3)C2)nc1)N1CCS(=O)(=O)CC1. The first-order chi connectivity index (χ1) is 14.4. The standard InChI is InChI=1S/C21H25FN4O3S/c22-17-3-1-5-19(13-17)26-8-2-4-18(15-26)24-20-7-6-16(14-23-20)21(27)25-9-11-30(28,29)12-10-25/h1,3,5-7,13-14,18H,2,4,8-12,15H2,(H,23,24). The number of carbonyl (C=O) groups is 1. The number of anilines is 2. The number of hydrogen-bond donors (Lipinski definition) is 1. The molecule has 2 fully saturated rings. The Kier molecular flexibility index (Phi) is 5.90. The van der Waals surface area contributed by atoms with Crippen molar-refractivity contribution in [2.45, 2.75) is 18.9 Å². The fourth-order valence-electron chi connectivity index (χ4n) is 3.92. The first-order valence-corrected chi connectivity index (χ1v) is 11.9. The van der Waals surface area contributed by atoms with E-state index in [2.05, 4.69) is 15.2 Å². The Morgan fingerprint density at radius 3 is 2.63 bits per heavy atom. The van der Waals surface area contributed by atoms with Crippen molar-refractivity contribution in [3.63, 3.8) is 0 Å². The average Bonchev–Trinajstić information content (AvgIpc) is 2.74. The van der Waals surface area contributed by atoms with Gasteiger partial charge in [0, 0.05) is 44.1 Å². The van der Waals surface area contributed by atoms with E-state index >= 15 is 0 Å². The van der Waals surface area contributed by atoms with Crippen LogP contribution in [0.4, 0.5) is 15.9 Å². The van der Waals surface area contributed by atoms with Crippen molar-refractivity contribution in [1.29, 1.82) is 0 Å². The first-order valence-electron chi connectivity index (χ1n) is 10.1. The van der Waals surface area contributed by atoms with E-state index in [1.165, 1.54) is 12.3 Å². The van der Waals surface area contributed by atoms with Gasteiger partial charge in [0.2, 0.25) is 0 Å². The van der Waals surface area contributed by atoms with Crippen LogP contribution in [0.1, 0.15) is 23.2 Å². The molecular formula is C21H25FN4O3S. The number of sulfone groups is 1. The predicted octanol–water partition coefficient (Wildman–Crippen LogP) is 2.17. The van der Waals surface area contributed by atoms with E-state index in [0.29, 0.717) is 11.4 Å². The Labute approximate surface area is 175 Å². The lowest BCUT2D eigenvalue weighted by Gasteiger charge is -2.35. The number of hydrogen-bond acceptors (Lipinski definition) is 6. The van der Waals surface area contributed by atoms with Crippen molar-refractivity contribution in [1.82, 2.24) is 9.88 Å². The number of carbonyl (C=O) groups excluding carboxylic acids is 1. The molecule has 1 amide bonds. The van der Waals surface area contributed by atoms with Gasteiger partial charge in [0.05, 0.1) is 17.1 Å². The van der Waals surface area contributed by atoms with E-state index in [1.807, 2.05) is 6.07 Å². The highest BCUT2D eigenvalue weighted by molar-refractivity contribution is 7.91. The van der Waals surface area contributed by atoms with Crippen molar-refractivity contribution in [3.8, 4) is 0 Å². The molecule has 2 saturated heterocycles. The second kappa shape index (κ2) is 8.59. The third-order valence-electron chi connectivity index (χ3n) is 5.59. The number of halogens is 1. The number of pyridine rings is 1. The summed E-state index contributed by atoms with van der Waals surface area (Å²) in [4.78, 5) is 20.7. The van der Waals surface area contributed by atoms with Crippen molar-refractivity contribution in [3.05, 3.63) is 54.0 Å². The third-order valence-corrected chi connectivity index (χ3v) is 7.20. The molecule has 2 aliphatic heterocycles. The molecule has 4 rings (SSSR count). The van der Waals surface area contributed by atoms with Crippen molar-refractivity contribution in [2.24, 2.45) is 0 Å². The van der Waals surface area contributed by atoms with Crippen LogP contribution in [0.15, 0.2) is 42.6 Å². The predicted molar refractivity (Wildman–Crippen MR) is 114 cm³/mol. The number of piperidine rings is 1. The molecule has 2 aromatic rings. The highest BCUT2D eigenvalue weighted by Crippen LogP contribution is 2.22. The minimum absolute atomic E-state index is 0.00923. The van der Waals surface area contributed by atoms with Gasteiger partial charge in [-0.05, 0) is 43.2 Å². The van der Waals surface area contributed by atoms with Gasteiger partial charge in [0.25, 0.3) is 5.91 Å². The number of nitrogens with zero attached hydrogens (tertiary/aromatic N) is 3. The Morgan fingerprint density at radius 2 is 1.93 bits per heavy atom. The van der Waals surface area contributed by atoms with E-state index in [1.54, 1.807) is 29.2 Å². The lowest BCUT2D eigenvalue weighted by Crippen LogP contribution is -2.43. The van der Waals surface area contributed by atoms with Crippen LogP contribution in [-0.4, -0.2) is 67.9 Å². The molecular weight excluding hydrogens is 407 g/mol. The Balaban J connectivity index is 1.36. The highest BCUT2D eigenvalue weighted by Gasteiger charge is 2.26. The zero-order chi connectivity index (χ0) is 21.1. The number of nitrogens with one attached hydrogen (secondary N) is 1. The van der Waals surface area contributed by atoms with Gasteiger partial charge < -0.3 is 15.1 Å². The van der Waals surface area contributed by atoms with E-state index in [0.717, 1.165) is 31.6 Å². The second-order valence-corrected chi connectivity index (χ2v) is 10.1. The largest absolute Gasteiger partial charge is 0.369 e. The lowest BCUT2D eigenvalue weighted by atomic mass is 10.0. The van der Waals surface area contributed by atoms with Gasteiger partial charge in [-0.3, -0.25) is 4.79 Å². The molecule has 0 radical (unpaired) electrons. The van der Waals surface area contributed by atoms with Gasteiger partial charge in [-0.1, -0.05) is 6.07 Å². The van der Waals surface area contributed by atoms with Crippen molar-refractivity contribution >= 4 is 27.2 Å². The van der Waals surface area contributed by atoms with Crippen molar-refractivity contribution in [2.75, 3.05) is 47.9 Å². The normalized spacial score (nSPS) is 21.3. The summed E-state index contributed by atoms with van der Waals surface area (Å²) in [6.07, 6.45) is 3.50. The molecule has 30 heavy (non-hydrogen) atoms. The number of aromatic nitrogens is 1. The Hall–Kier alpha value is -2.68. The molecule has 0 spiro atoms. The van der Waals surface area contributed by atoms with Crippen LogP contribution in [0.5, 0.6) is 0 Å². The maximum atomic E-state index is 13.5. The minimum atomic E-state index is -3.03. The molecule has 0 saturated carbocycles. The molecule has 3 heterocycles. The summed E-state index contributed by atoms with van der Waals surface area (Å²) >= 11 is 0. The number of benzene rings is 1. The molecule has 7 nitrogen and oxygen atoms in total. The summed E-state index contributed by atoms with van der Waals surface area (Å²) < 4.78 is 36.6. The maximum Gasteiger partial charge on any atom is 0.255 e. The summed E-state index contributed by atoms with van der Waals surface area (Å²) in [6.45, 7) is 2.07. The molecule has 0 aliphatic carbocycles. The van der Waals surface area contributed by atoms with Gasteiger partial charge in [0.1, 0.15) is 11.6 Å². The van der Waals surface area contributed by atoms with Crippen LogP contribution < -0.4 is 10.2 Å². The zero-order valence-corrected chi connectivity index (χ0v) is 17.4. The summed E-state index contributed by atoms with van der Waals surface area (Å²) in [6, 6.07) is 10.3. The van der Waals surface area contributed by atoms with E-state index in [9.17, 15) is 17.6 Å². The molecule has 1 N–H and O–H groups in total. The molecule has 1 aromatic heterocycles. The van der Waals surface area contributed by atoms with E-state index in [-0.39, 0.29) is 42.4 Å². The topological polar surface area (TPSA) is 82.6 Å². The average molecular weight is 433 g/mol. The molecule has 1 atom stereocenters. The second-order valence-electron chi connectivity index (χ2n) is 7.79. The monoisotopic (exact) mass is 432 g/mol. The molecule has 9 heteroatoms. The quantitative estimate of drug-likeness (QED) is 0.798. The summed E-state index contributed by atoms with van der Waals surface area (Å²) in [7, 11) is -3.03. The Bertz CT molecular complexity index is 999.